The number of amides is 1. The molecule has 4 rings (SSSR count). The van der Waals surface area contributed by atoms with E-state index in [9.17, 15) is 23.6 Å². The van der Waals surface area contributed by atoms with Gasteiger partial charge in [-0.1, -0.05) is 24.4 Å². The lowest BCUT2D eigenvalue weighted by molar-refractivity contribution is -0.614. The van der Waals surface area contributed by atoms with E-state index in [1.54, 1.807) is 24.3 Å². The third-order valence-corrected chi connectivity index (χ3v) is 6.07. The minimum absolute atomic E-state index is 0.0247. The van der Waals surface area contributed by atoms with Gasteiger partial charge in [0, 0.05) is 17.3 Å². The quantitative estimate of drug-likeness (QED) is 0.210. The average Bonchev–Trinajstić information content (AvgIpc) is 3.60. The molecule has 1 aliphatic carbocycles. The molecule has 5 nitrogen and oxygen atoms in total. The molecule has 170 valence electrons. The van der Waals surface area contributed by atoms with Crippen molar-refractivity contribution in [1.29, 1.82) is 0 Å². The van der Waals surface area contributed by atoms with Crippen LogP contribution in [0.15, 0.2) is 54.7 Å². The Labute approximate surface area is 194 Å². The topological polar surface area (TPSA) is 73.1 Å². The van der Waals surface area contributed by atoms with Crippen molar-refractivity contribution < 1.29 is 23.1 Å². The largest absolute Gasteiger partial charge is 0.618 e. The van der Waals surface area contributed by atoms with Crippen LogP contribution in [-0.2, 0) is 4.79 Å². The molecule has 33 heavy (non-hydrogen) atoms. The van der Waals surface area contributed by atoms with Gasteiger partial charge >= 0.3 is 0 Å². The maximum absolute atomic E-state index is 14.4. The lowest BCUT2D eigenvalue weighted by Crippen LogP contribution is -2.37. The Morgan fingerprint density at radius 2 is 1.82 bits per heavy atom. The molecule has 1 aliphatic rings. The molecular weight excluding hydrogens is 450 g/mol. The second-order valence-electron chi connectivity index (χ2n) is 8.24. The summed E-state index contributed by atoms with van der Waals surface area (Å²) >= 11 is 5.77. The number of halogens is 3. The standard InChI is InChI=1S/C25H21ClF2N2O3/c1-14(31)16-4-7-18(8-5-16)29-25(32)19(12-15-2-3-15)22-11-6-17(13-30(22)33)23-21(27)10-9-20(26)24(23)28/h4-11,13,15,19H,2-3,12H2,1H3,(H,29,32). The van der Waals surface area contributed by atoms with E-state index in [4.69, 9.17) is 11.6 Å². The van der Waals surface area contributed by atoms with Gasteiger partial charge in [-0.3, -0.25) is 9.59 Å². The Hall–Kier alpha value is -3.32. The van der Waals surface area contributed by atoms with Crippen molar-refractivity contribution in [1.82, 2.24) is 0 Å². The van der Waals surface area contributed by atoms with Crippen LogP contribution in [0.4, 0.5) is 14.5 Å². The number of carbonyl (C=O) groups excluding carboxylic acids is 2. The molecule has 1 unspecified atom stereocenters. The zero-order valence-electron chi connectivity index (χ0n) is 17.8. The minimum Gasteiger partial charge on any atom is -0.618 e. The number of hydrogen-bond acceptors (Lipinski definition) is 3. The second-order valence-corrected chi connectivity index (χ2v) is 8.65. The van der Waals surface area contributed by atoms with Gasteiger partial charge in [0.1, 0.15) is 11.7 Å². The highest BCUT2D eigenvalue weighted by Crippen LogP contribution is 2.39. The Balaban J connectivity index is 1.63. The first-order chi connectivity index (χ1) is 15.7. The third-order valence-electron chi connectivity index (χ3n) is 5.78. The fraction of sp³-hybridized carbons (Fsp3) is 0.240. The van der Waals surface area contributed by atoms with Gasteiger partial charge in [0.05, 0.1) is 16.1 Å². The van der Waals surface area contributed by atoms with Crippen LogP contribution in [0.5, 0.6) is 0 Å². The molecule has 1 aromatic heterocycles. The summed E-state index contributed by atoms with van der Waals surface area (Å²) in [5.74, 6) is -2.65. The predicted octanol–water partition coefficient (Wildman–Crippen LogP) is 5.64. The number of rotatable bonds is 7. The molecule has 3 aromatic rings. The molecule has 1 saturated carbocycles. The van der Waals surface area contributed by atoms with Crippen LogP contribution in [0.1, 0.15) is 48.2 Å². The van der Waals surface area contributed by atoms with E-state index in [2.05, 4.69) is 5.32 Å². The minimum atomic E-state index is -0.953. The van der Waals surface area contributed by atoms with Gasteiger partial charge in [-0.2, -0.15) is 4.73 Å². The number of carbonyl (C=O) groups is 2. The molecule has 1 atom stereocenters. The molecule has 1 amide bonds. The Morgan fingerprint density at radius 3 is 2.42 bits per heavy atom. The summed E-state index contributed by atoms with van der Waals surface area (Å²) in [4.78, 5) is 24.5. The number of Topliss-reactive ketones (excluding diaryl/α,β-unsaturated/α-hetero) is 1. The third kappa shape index (κ3) is 5.03. The highest BCUT2D eigenvalue weighted by Gasteiger charge is 2.35. The van der Waals surface area contributed by atoms with E-state index in [1.807, 2.05) is 0 Å². The Bertz CT molecular complexity index is 1230. The molecule has 8 heteroatoms. The van der Waals surface area contributed by atoms with Crippen molar-refractivity contribution in [3.8, 4) is 11.1 Å². The van der Waals surface area contributed by atoms with E-state index < -0.39 is 23.1 Å². The first-order valence-electron chi connectivity index (χ1n) is 10.5. The summed E-state index contributed by atoms with van der Waals surface area (Å²) in [6.07, 6.45) is 3.50. The number of pyridine rings is 1. The molecule has 0 saturated heterocycles. The zero-order valence-corrected chi connectivity index (χ0v) is 18.5. The number of ketones is 1. The summed E-state index contributed by atoms with van der Waals surface area (Å²) in [5.41, 5.74) is 0.842. The van der Waals surface area contributed by atoms with Gasteiger partial charge in [0.2, 0.25) is 11.6 Å². The molecule has 0 aliphatic heterocycles. The number of aromatic nitrogens is 1. The van der Waals surface area contributed by atoms with Gasteiger partial charge in [0.15, 0.2) is 17.8 Å². The van der Waals surface area contributed by atoms with E-state index in [0.29, 0.717) is 28.3 Å². The van der Waals surface area contributed by atoms with Crippen LogP contribution in [0.3, 0.4) is 0 Å². The molecule has 0 bridgehead atoms. The highest BCUT2D eigenvalue weighted by molar-refractivity contribution is 6.31. The van der Waals surface area contributed by atoms with Crippen LogP contribution in [0, 0.1) is 22.8 Å². The lowest BCUT2D eigenvalue weighted by atomic mass is 9.95. The lowest BCUT2D eigenvalue weighted by Gasteiger charge is -2.17. The van der Waals surface area contributed by atoms with E-state index in [-0.39, 0.29) is 28.0 Å². The molecule has 0 spiro atoms. The maximum atomic E-state index is 14.4. The summed E-state index contributed by atoms with van der Waals surface area (Å²) in [6.45, 7) is 1.46. The first-order valence-corrected chi connectivity index (χ1v) is 10.9. The van der Waals surface area contributed by atoms with E-state index >= 15 is 0 Å². The van der Waals surface area contributed by atoms with E-state index in [1.165, 1.54) is 19.1 Å². The molecule has 1 N–H and O–H groups in total. The number of anilines is 1. The Kier molecular flexibility index (Phi) is 6.42. The first kappa shape index (κ1) is 22.9. The number of nitrogens with one attached hydrogen (secondary N) is 1. The Morgan fingerprint density at radius 1 is 1.12 bits per heavy atom. The van der Waals surface area contributed by atoms with Crippen molar-refractivity contribution in [3.05, 3.63) is 87.8 Å². The van der Waals surface area contributed by atoms with E-state index in [0.717, 1.165) is 31.2 Å². The van der Waals surface area contributed by atoms with Gasteiger partial charge in [0.25, 0.3) is 0 Å². The van der Waals surface area contributed by atoms with Crippen LogP contribution in [0.25, 0.3) is 11.1 Å². The van der Waals surface area contributed by atoms with Crippen LogP contribution in [0.2, 0.25) is 5.02 Å². The maximum Gasteiger partial charge on any atom is 0.238 e. The van der Waals surface area contributed by atoms with Crippen LogP contribution < -0.4 is 10.0 Å². The molecule has 1 fully saturated rings. The zero-order chi connectivity index (χ0) is 23.7. The van der Waals surface area contributed by atoms with Crippen molar-refractivity contribution in [3.63, 3.8) is 0 Å². The van der Waals surface area contributed by atoms with Gasteiger partial charge < -0.3 is 10.5 Å². The van der Waals surface area contributed by atoms with Crippen molar-refractivity contribution in [2.24, 2.45) is 5.92 Å². The smallest absolute Gasteiger partial charge is 0.238 e. The molecule has 1 heterocycles. The van der Waals surface area contributed by atoms with Crippen LogP contribution >= 0.6 is 11.6 Å². The number of benzene rings is 2. The predicted molar refractivity (Wildman–Crippen MR) is 121 cm³/mol. The van der Waals surface area contributed by atoms with Crippen molar-refractivity contribution in [2.75, 3.05) is 5.32 Å². The normalized spacial score (nSPS) is 14.1. The summed E-state index contributed by atoms with van der Waals surface area (Å²) in [5, 5.41) is 15.4. The number of nitrogens with zero attached hydrogens (tertiary/aromatic N) is 1. The fourth-order valence-corrected chi connectivity index (χ4v) is 3.93. The number of hydrogen-bond donors (Lipinski definition) is 1. The SMILES string of the molecule is CC(=O)c1ccc(NC(=O)C(CC2CC2)c2ccc(-c3c(F)ccc(Cl)c3F)c[n+]2[O-])cc1. The van der Waals surface area contributed by atoms with Crippen LogP contribution in [-0.4, -0.2) is 11.7 Å². The monoisotopic (exact) mass is 470 g/mol. The summed E-state index contributed by atoms with van der Waals surface area (Å²) in [7, 11) is 0. The van der Waals surface area contributed by atoms with Crippen molar-refractivity contribution in [2.45, 2.75) is 32.1 Å². The van der Waals surface area contributed by atoms with Gasteiger partial charge in [-0.15, -0.1) is 0 Å². The highest BCUT2D eigenvalue weighted by atomic mass is 35.5. The second kappa shape index (κ2) is 9.27. The fourth-order valence-electron chi connectivity index (χ4n) is 3.77. The van der Waals surface area contributed by atoms with Gasteiger partial charge in [-0.05, 0) is 61.7 Å². The molecular formula is C25H21ClF2N2O3. The van der Waals surface area contributed by atoms with Crippen molar-refractivity contribution >= 4 is 29.0 Å². The molecule has 2 aromatic carbocycles. The van der Waals surface area contributed by atoms with Gasteiger partial charge in [-0.25, -0.2) is 8.78 Å². The summed E-state index contributed by atoms with van der Waals surface area (Å²) < 4.78 is 29.1. The average molecular weight is 471 g/mol. The molecule has 0 radical (unpaired) electrons. The summed E-state index contributed by atoms with van der Waals surface area (Å²) in [6, 6.07) is 11.5.